The zero-order valence-electron chi connectivity index (χ0n) is 7.67. The van der Waals surface area contributed by atoms with Crippen LogP contribution in [0.2, 0.25) is 0 Å². The number of aliphatic imine (C=N–C) groups is 1. The van der Waals surface area contributed by atoms with Crippen molar-refractivity contribution in [3.63, 3.8) is 0 Å². The van der Waals surface area contributed by atoms with Crippen molar-refractivity contribution >= 4 is 5.96 Å². The molecule has 0 saturated carbocycles. The summed E-state index contributed by atoms with van der Waals surface area (Å²) in [7, 11) is 2.15. The molecule has 0 bridgehead atoms. The van der Waals surface area contributed by atoms with Gasteiger partial charge in [0.15, 0.2) is 5.96 Å². The molecule has 2 atom stereocenters. The molecule has 3 N–H and O–H groups in total. The fourth-order valence-corrected chi connectivity index (χ4v) is 2.21. The Labute approximate surface area is 72.8 Å². The van der Waals surface area contributed by atoms with Crippen LogP contribution in [0.3, 0.4) is 0 Å². The summed E-state index contributed by atoms with van der Waals surface area (Å²) in [5, 5.41) is 3.28. The minimum atomic E-state index is 0.151. The number of rotatable bonds is 0. The lowest BCUT2D eigenvalue weighted by Gasteiger charge is -2.22. The monoisotopic (exact) mass is 168 g/mol. The first-order chi connectivity index (χ1) is 5.61. The molecule has 2 unspecified atom stereocenters. The molecule has 4 heteroatoms. The number of nitrogens with zero attached hydrogens (tertiary/aromatic N) is 2. The van der Waals surface area contributed by atoms with E-state index in [4.69, 9.17) is 5.73 Å². The molecule has 0 aromatic rings. The van der Waals surface area contributed by atoms with E-state index in [9.17, 15) is 0 Å². The number of hydrogen-bond donors (Lipinski definition) is 2. The van der Waals surface area contributed by atoms with Crippen molar-refractivity contribution in [2.24, 2.45) is 10.7 Å². The maximum Gasteiger partial charge on any atom is 0.189 e. The van der Waals surface area contributed by atoms with Crippen LogP contribution >= 0.6 is 0 Å². The zero-order valence-corrected chi connectivity index (χ0v) is 7.67. The summed E-state index contributed by atoms with van der Waals surface area (Å²) in [6.45, 7) is 4.14. The van der Waals surface area contributed by atoms with Gasteiger partial charge in [0.2, 0.25) is 0 Å². The van der Waals surface area contributed by atoms with E-state index in [2.05, 4.69) is 29.2 Å². The summed E-state index contributed by atoms with van der Waals surface area (Å²) >= 11 is 0. The average Bonchev–Trinajstić information content (AvgIpc) is 2.42. The Bertz CT molecular complexity index is 213. The second kappa shape index (κ2) is 2.36. The van der Waals surface area contributed by atoms with E-state index in [0.717, 1.165) is 19.5 Å². The van der Waals surface area contributed by atoms with Crippen molar-refractivity contribution in [2.45, 2.75) is 24.9 Å². The Kier molecular flexibility index (Phi) is 1.54. The molecule has 68 valence electrons. The van der Waals surface area contributed by atoms with Gasteiger partial charge in [0.1, 0.15) is 0 Å². The normalized spacial score (nSPS) is 41.8. The number of hydrogen-bond acceptors (Lipinski definition) is 4. The van der Waals surface area contributed by atoms with Crippen LogP contribution in [0.5, 0.6) is 0 Å². The quantitative estimate of drug-likeness (QED) is 0.506. The topological polar surface area (TPSA) is 53.6 Å². The molecule has 1 spiro atoms. The lowest BCUT2D eigenvalue weighted by atomic mass is 9.98. The van der Waals surface area contributed by atoms with Crippen LogP contribution in [-0.4, -0.2) is 42.6 Å². The van der Waals surface area contributed by atoms with Crippen molar-refractivity contribution in [3.8, 4) is 0 Å². The highest BCUT2D eigenvalue weighted by atomic mass is 15.3. The highest BCUT2D eigenvalue weighted by Gasteiger charge is 2.43. The van der Waals surface area contributed by atoms with Crippen molar-refractivity contribution in [3.05, 3.63) is 0 Å². The van der Waals surface area contributed by atoms with Crippen molar-refractivity contribution in [2.75, 3.05) is 20.1 Å². The smallest absolute Gasteiger partial charge is 0.189 e. The SMILES string of the molecule is CC1CC2(CN=C(N)N2)CN1C. The summed E-state index contributed by atoms with van der Waals surface area (Å²) in [5.41, 5.74) is 5.75. The predicted molar refractivity (Wildman–Crippen MR) is 49.1 cm³/mol. The average molecular weight is 168 g/mol. The van der Waals surface area contributed by atoms with Gasteiger partial charge in [0, 0.05) is 12.6 Å². The first-order valence-electron chi connectivity index (χ1n) is 4.40. The molecule has 2 heterocycles. The fourth-order valence-electron chi connectivity index (χ4n) is 2.21. The van der Waals surface area contributed by atoms with Crippen LogP contribution in [0.25, 0.3) is 0 Å². The Morgan fingerprint density at radius 2 is 2.50 bits per heavy atom. The van der Waals surface area contributed by atoms with Gasteiger partial charge in [-0.2, -0.15) is 0 Å². The molecular formula is C8H16N4. The van der Waals surface area contributed by atoms with Crippen molar-refractivity contribution in [1.29, 1.82) is 0 Å². The first-order valence-corrected chi connectivity index (χ1v) is 4.40. The lowest BCUT2D eigenvalue weighted by Crippen LogP contribution is -2.49. The molecule has 0 aromatic heterocycles. The minimum absolute atomic E-state index is 0.151. The molecule has 0 aromatic carbocycles. The second-order valence-corrected chi connectivity index (χ2v) is 4.08. The molecule has 4 nitrogen and oxygen atoms in total. The molecule has 0 aliphatic carbocycles. The summed E-state index contributed by atoms with van der Waals surface area (Å²) in [6, 6.07) is 0.638. The summed E-state index contributed by atoms with van der Waals surface area (Å²) in [6.07, 6.45) is 1.15. The van der Waals surface area contributed by atoms with Gasteiger partial charge < -0.3 is 16.0 Å². The van der Waals surface area contributed by atoms with Crippen LogP contribution in [0.15, 0.2) is 4.99 Å². The Morgan fingerprint density at radius 1 is 1.75 bits per heavy atom. The lowest BCUT2D eigenvalue weighted by molar-refractivity contribution is 0.317. The molecule has 1 saturated heterocycles. The Hall–Kier alpha value is -0.770. The zero-order chi connectivity index (χ0) is 8.77. The number of likely N-dealkylation sites (N-methyl/N-ethyl adjacent to an activating group) is 1. The van der Waals surface area contributed by atoms with E-state index in [1.165, 1.54) is 0 Å². The first kappa shape index (κ1) is 7.86. The van der Waals surface area contributed by atoms with Gasteiger partial charge in [-0.25, -0.2) is 0 Å². The van der Waals surface area contributed by atoms with Crippen molar-refractivity contribution < 1.29 is 0 Å². The number of nitrogens with two attached hydrogens (primary N) is 1. The van der Waals surface area contributed by atoms with Gasteiger partial charge in [0.05, 0.1) is 12.1 Å². The van der Waals surface area contributed by atoms with Crippen LogP contribution in [0.4, 0.5) is 0 Å². The Morgan fingerprint density at radius 3 is 2.92 bits per heavy atom. The molecule has 0 amide bonds. The summed E-state index contributed by atoms with van der Waals surface area (Å²) < 4.78 is 0. The van der Waals surface area contributed by atoms with Crippen LogP contribution in [0.1, 0.15) is 13.3 Å². The second-order valence-electron chi connectivity index (χ2n) is 4.08. The van der Waals surface area contributed by atoms with E-state index in [1.54, 1.807) is 0 Å². The third kappa shape index (κ3) is 1.06. The van der Waals surface area contributed by atoms with Crippen molar-refractivity contribution in [1.82, 2.24) is 10.2 Å². The minimum Gasteiger partial charge on any atom is -0.370 e. The molecule has 12 heavy (non-hydrogen) atoms. The summed E-state index contributed by atoms with van der Waals surface area (Å²) in [5.74, 6) is 0.609. The summed E-state index contributed by atoms with van der Waals surface area (Å²) in [4.78, 5) is 6.55. The van der Waals surface area contributed by atoms with Gasteiger partial charge in [0.25, 0.3) is 0 Å². The third-order valence-corrected chi connectivity index (χ3v) is 2.94. The third-order valence-electron chi connectivity index (χ3n) is 2.94. The molecule has 2 rings (SSSR count). The largest absolute Gasteiger partial charge is 0.370 e. The van der Waals surface area contributed by atoms with E-state index in [1.807, 2.05) is 0 Å². The van der Waals surface area contributed by atoms with Crippen LogP contribution in [0, 0.1) is 0 Å². The van der Waals surface area contributed by atoms with E-state index in [-0.39, 0.29) is 5.54 Å². The van der Waals surface area contributed by atoms with E-state index in [0.29, 0.717) is 12.0 Å². The van der Waals surface area contributed by atoms with Gasteiger partial charge in [-0.15, -0.1) is 0 Å². The highest BCUT2D eigenvalue weighted by molar-refractivity contribution is 5.80. The van der Waals surface area contributed by atoms with E-state index >= 15 is 0 Å². The predicted octanol–water partition coefficient (Wildman–Crippen LogP) is -0.633. The molecule has 2 aliphatic rings. The standard InChI is InChI=1S/C8H16N4/c1-6-3-8(5-12(6)2)4-10-7(9)11-8/h6H,3-5H2,1-2H3,(H3,9,10,11). The molecule has 2 aliphatic heterocycles. The number of nitrogens with one attached hydrogen (secondary N) is 1. The maximum absolute atomic E-state index is 5.60. The van der Waals surface area contributed by atoms with Gasteiger partial charge in [-0.1, -0.05) is 0 Å². The molecule has 0 radical (unpaired) electrons. The van der Waals surface area contributed by atoms with Crippen LogP contribution < -0.4 is 11.1 Å². The Balaban J connectivity index is 2.08. The maximum atomic E-state index is 5.60. The number of likely N-dealkylation sites (tertiary alicyclic amines) is 1. The van der Waals surface area contributed by atoms with E-state index < -0.39 is 0 Å². The highest BCUT2D eigenvalue weighted by Crippen LogP contribution is 2.27. The van der Waals surface area contributed by atoms with Gasteiger partial charge in [-0.05, 0) is 20.4 Å². The fraction of sp³-hybridized carbons (Fsp3) is 0.875. The number of guanidine groups is 1. The van der Waals surface area contributed by atoms with Crippen LogP contribution in [-0.2, 0) is 0 Å². The molecular weight excluding hydrogens is 152 g/mol. The molecule has 1 fully saturated rings. The van der Waals surface area contributed by atoms with Gasteiger partial charge >= 0.3 is 0 Å². The van der Waals surface area contributed by atoms with Gasteiger partial charge in [-0.3, -0.25) is 4.99 Å².